The van der Waals surface area contributed by atoms with Gasteiger partial charge in [0.2, 0.25) is 5.91 Å². The number of hydrogen-bond donors (Lipinski definition) is 0. The predicted molar refractivity (Wildman–Crippen MR) is 110 cm³/mol. The van der Waals surface area contributed by atoms with Gasteiger partial charge in [0.25, 0.3) is 0 Å². The Labute approximate surface area is 167 Å². The fraction of sp³-hybridized carbons (Fsp3) is 0.478. The van der Waals surface area contributed by atoms with Crippen LogP contribution < -0.4 is 4.90 Å². The molecule has 0 saturated carbocycles. The molecule has 2 aliphatic rings. The molecule has 1 aromatic heterocycles. The van der Waals surface area contributed by atoms with Gasteiger partial charge in [-0.3, -0.25) is 14.7 Å². The predicted octanol–water partition coefficient (Wildman–Crippen LogP) is 3.35. The maximum absolute atomic E-state index is 13.2. The normalized spacial score (nSPS) is 19.1. The summed E-state index contributed by atoms with van der Waals surface area (Å²) in [6.07, 6.45) is 6.27. The Morgan fingerprint density at radius 2 is 2.21 bits per heavy atom. The van der Waals surface area contributed by atoms with Gasteiger partial charge in [-0.15, -0.1) is 0 Å². The second kappa shape index (κ2) is 8.84. The number of rotatable bonds is 6. The third-order valence-electron chi connectivity index (χ3n) is 5.61. The Hall–Kier alpha value is -2.24. The van der Waals surface area contributed by atoms with Gasteiger partial charge in [-0.2, -0.15) is 0 Å². The topological polar surface area (TPSA) is 45.7 Å². The number of fused-ring (bicyclic) bond motifs is 1. The Kier molecular flexibility index (Phi) is 6.03. The summed E-state index contributed by atoms with van der Waals surface area (Å²) in [4.78, 5) is 21.9. The molecule has 4 rings (SSSR count). The van der Waals surface area contributed by atoms with E-state index in [-0.39, 0.29) is 12.0 Å². The Morgan fingerprint density at radius 3 is 3.00 bits per heavy atom. The van der Waals surface area contributed by atoms with E-state index < -0.39 is 0 Å². The number of benzene rings is 1. The van der Waals surface area contributed by atoms with Crippen LogP contribution in [0.25, 0.3) is 0 Å². The zero-order valence-corrected chi connectivity index (χ0v) is 16.6. The van der Waals surface area contributed by atoms with Crippen molar-refractivity contribution in [2.75, 3.05) is 31.1 Å². The van der Waals surface area contributed by atoms with Crippen molar-refractivity contribution in [3.63, 3.8) is 0 Å². The number of pyridine rings is 1. The summed E-state index contributed by atoms with van der Waals surface area (Å²) in [5, 5.41) is 0. The molecular formula is C23H29N3O2. The van der Waals surface area contributed by atoms with E-state index in [1.165, 1.54) is 11.1 Å². The number of ether oxygens (including phenoxy) is 1. The van der Waals surface area contributed by atoms with Gasteiger partial charge in [-0.1, -0.05) is 23.8 Å². The number of aromatic nitrogens is 1. The van der Waals surface area contributed by atoms with E-state index in [4.69, 9.17) is 4.74 Å². The average Bonchev–Trinajstić information content (AvgIpc) is 3.21. The summed E-state index contributed by atoms with van der Waals surface area (Å²) < 4.78 is 5.83. The summed E-state index contributed by atoms with van der Waals surface area (Å²) >= 11 is 0. The molecule has 0 N–H and O–H groups in total. The second-order valence-electron chi connectivity index (χ2n) is 7.91. The van der Waals surface area contributed by atoms with Crippen LogP contribution in [-0.4, -0.2) is 48.1 Å². The molecule has 5 heteroatoms. The third kappa shape index (κ3) is 4.59. The van der Waals surface area contributed by atoms with Gasteiger partial charge >= 0.3 is 0 Å². The molecule has 0 radical (unpaired) electrons. The van der Waals surface area contributed by atoms with Crippen molar-refractivity contribution in [1.82, 2.24) is 9.88 Å². The monoisotopic (exact) mass is 379 g/mol. The van der Waals surface area contributed by atoms with Crippen LogP contribution in [0.1, 0.15) is 36.1 Å². The highest BCUT2D eigenvalue weighted by atomic mass is 16.5. The van der Waals surface area contributed by atoms with Crippen molar-refractivity contribution < 1.29 is 9.53 Å². The van der Waals surface area contributed by atoms with Crippen molar-refractivity contribution in [2.24, 2.45) is 0 Å². The molecule has 1 atom stereocenters. The number of nitrogens with zero attached hydrogens (tertiary/aromatic N) is 3. The van der Waals surface area contributed by atoms with E-state index in [0.29, 0.717) is 13.1 Å². The number of carbonyl (C=O) groups excluding carboxylic acids is 1. The van der Waals surface area contributed by atoms with Gasteiger partial charge in [0.15, 0.2) is 0 Å². The molecule has 1 saturated heterocycles. The van der Waals surface area contributed by atoms with Crippen LogP contribution in [0.15, 0.2) is 42.6 Å². The lowest BCUT2D eigenvalue weighted by Crippen LogP contribution is -2.44. The van der Waals surface area contributed by atoms with E-state index in [2.05, 4.69) is 35.0 Å². The molecule has 28 heavy (non-hydrogen) atoms. The van der Waals surface area contributed by atoms with Crippen LogP contribution in [0, 0.1) is 6.92 Å². The summed E-state index contributed by atoms with van der Waals surface area (Å²) in [5.41, 5.74) is 4.61. The molecule has 0 bridgehead atoms. The first-order chi connectivity index (χ1) is 13.7. The molecule has 148 valence electrons. The lowest BCUT2D eigenvalue weighted by atomic mass is 9.99. The van der Waals surface area contributed by atoms with Crippen molar-refractivity contribution >= 4 is 11.6 Å². The molecule has 2 aromatic rings. The molecule has 0 spiro atoms. The van der Waals surface area contributed by atoms with E-state index in [1.807, 2.05) is 29.3 Å². The number of aryl methyl sites for hydroxylation is 2. The lowest BCUT2D eigenvalue weighted by Gasteiger charge is -2.32. The molecular weight excluding hydrogens is 350 g/mol. The van der Waals surface area contributed by atoms with Crippen LogP contribution >= 0.6 is 0 Å². The number of amides is 1. The van der Waals surface area contributed by atoms with Gasteiger partial charge in [0.05, 0.1) is 18.3 Å². The summed E-state index contributed by atoms with van der Waals surface area (Å²) in [7, 11) is 0. The first-order valence-corrected chi connectivity index (χ1v) is 10.3. The average molecular weight is 380 g/mol. The summed E-state index contributed by atoms with van der Waals surface area (Å²) in [6.45, 7) is 5.57. The fourth-order valence-corrected chi connectivity index (χ4v) is 4.24. The number of anilines is 1. The van der Waals surface area contributed by atoms with Gasteiger partial charge in [-0.05, 0) is 56.4 Å². The third-order valence-corrected chi connectivity index (χ3v) is 5.61. The molecule has 3 heterocycles. The van der Waals surface area contributed by atoms with Gasteiger partial charge < -0.3 is 9.64 Å². The van der Waals surface area contributed by atoms with Crippen molar-refractivity contribution in [3.05, 3.63) is 59.4 Å². The Morgan fingerprint density at radius 1 is 1.29 bits per heavy atom. The van der Waals surface area contributed by atoms with E-state index in [1.54, 1.807) is 0 Å². The molecule has 0 aliphatic carbocycles. The highest BCUT2D eigenvalue weighted by molar-refractivity contribution is 5.96. The Balaban J connectivity index is 1.48. The minimum Gasteiger partial charge on any atom is -0.377 e. The maximum atomic E-state index is 13.2. The Bertz CT molecular complexity index is 803. The fourth-order valence-electron chi connectivity index (χ4n) is 4.24. The SMILES string of the molecule is Cc1ccc2c(c1)CCCN2C(=O)CN(Cc1ccccn1)CC1CCCO1. The second-order valence-corrected chi connectivity index (χ2v) is 7.91. The largest absolute Gasteiger partial charge is 0.377 e. The minimum atomic E-state index is 0.165. The van der Waals surface area contributed by atoms with Gasteiger partial charge in [-0.25, -0.2) is 0 Å². The molecule has 2 aliphatic heterocycles. The smallest absolute Gasteiger partial charge is 0.241 e. The molecule has 1 fully saturated rings. The standard InChI is InChI=1S/C23H29N3O2/c1-18-9-10-22-19(14-18)6-4-12-26(22)23(27)17-25(16-21-8-5-13-28-21)15-20-7-2-3-11-24-20/h2-3,7,9-11,14,21H,4-6,8,12-13,15-17H2,1H3. The first kappa shape index (κ1) is 19.1. The van der Waals surface area contributed by atoms with Crippen LogP contribution in [0.3, 0.4) is 0 Å². The summed E-state index contributed by atoms with van der Waals surface area (Å²) in [5.74, 6) is 0.165. The van der Waals surface area contributed by atoms with E-state index in [0.717, 1.165) is 56.8 Å². The van der Waals surface area contributed by atoms with Crippen LogP contribution in [0.2, 0.25) is 0 Å². The molecule has 5 nitrogen and oxygen atoms in total. The highest BCUT2D eigenvalue weighted by Crippen LogP contribution is 2.28. The number of carbonyl (C=O) groups is 1. The van der Waals surface area contributed by atoms with Crippen molar-refractivity contribution in [3.8, 4) is 0 Å². The molecule has 1 unspecified atom stereocenters. The summed E-state index contributed by atoms with van der Waals surface area (Å²) in [6, 6.07) is 12.4. The van der Waals surface area contributed by atoms with Crippen molar-refractivity contribution in [2.45, 2.75) is 45.3 Å². The molecule has 1 aromatic carbocycles. The zero-order chi connectivity index (χ0) is 19.3. The quantitative estimate of drug-likeness (QED) is 0.772. The highest BCUT2D eigenvalue weighted by Gasteiger charge is 2.26. The minimum absolute atomic E-state index is 0.165. The van der Waals surface area contributed by atoms with Crippen molar-refractivity contribution in [1.29, 1.82) is 0 Å². The first-order valence-electron chi connectivity index (χ1n) is 10.3. The van der Waals surface area contributed by atoms with Crippen LogP contribution in [0.4, 0.5) is 5.69 Å². The van der Waals surface area contributed by atoms with E-state index in [9.17, 15) is 4.79 Å². The van der Waals surface area contributed by atoms with Crippen LogP contribution in [0.5, 0.6) is 0 Å². The van der Waals surface area contributed by atoms with E-state index >= 15 is 0 Å². The zero-order valence-electron chi connectivity index (χ0n) is 16.6. The maximum Gasteiger partial charge on any atom is 0.241 e. The molecule has 1 amide bonds. The van der Waals surface area contributed by atoms with Gasteiger partial charge in [0.1, 0.15) is 0 Å². The van der Waals surface area contributed by atoms with Gasteiger partial charge in [0, 0.05) is 38.1 Å². The number of hydrogen-bond acceptors (Lipinski definition) is 4. The van der Waals surface area contributed by atoms with Crippen LogP contribution in [-0.2, 0) is 22.5 Å². The lowest BCUT2D eigenvalue weighted by molar-refractivity contribution is -0.120.